The van der Waals surface area contributed by atoms with Gasteiger partial charge in [0.1, 0.15) is 22.1 Å². The first kappa shape index (κ1) is 25.8. The number of methoxy groups -OCH3 is 1. The molecule has 0 unspecified atom stereocenters. The topological polar surface area (TPSA) is 73.9 Å². The van der Waals surface area contributed by atoms with Crippen LogP contribution >= 0.6 is 27.3 Å². The monoisotopic (exact) mass is 545 g/mol. The zero-order valence-electron chi connectivity index (χ0n) is 19.7. The molecule has 0 saturated carbocycles. The molecule has 0 aliphatic rings. The van der Waals surface area contributed by atoms with E-state index in [0.29, 0.717) is 22.9 Å². The highest BCUT2D eigenvalue weighted by Gasteiger charge is 2.25. The molecule has 1 N–H and O–H groups in total. The molecule has 0 aliphatic carbocycles. The molecule has 0 aliphatic heterocycles. The van der Waals surface area contributed by atoms with E-state index in [0.717, 1.165) is 39.1 Å². The van der Waals surface area contributed by atoms with Crippen LogP contribution in [0, 0.1) is 6.92 Å². The van der Waals surface area contributed by atoms with Crippen LogP contribution in [0.2, 0.25) is 0 Å². The van der Waals surface area contributed by atoms with Gasteiger partial charge in [-0.25, -0.2) is 4.79 Å². The SMILES string of the molecule is CCCc1ccc(OCC(=O)Nc2sc(C)c(-c3ccc(OCC)cc3)c2C(=O)OC)c(Br)c1. The van der Waals surface area contributed by atoms with Gasteiger partial charge >= 0.3 is 5.97 Å². The van der Waals surface area contributed by atoms with Crippen molar-refractivity contribution in [1.29, 1.82) is 0 Å². The Labute approximate surface area is 212 Å². The summed E-state index contributed by atoms with van der Waals surface area (Å²) in [7, 11) is 1.33. The summed E-state index contributed by atoms with van der Waals surface area (Å²) in [5, 5.41) is 3.25. The van der Waals surface area contributed by atoms with E-state index in [1.165, 1.54) is 24.0 Å². The number of anilines is 1. The van der Waals surface area contributed by atoms with Gasteiger partial charge < -0.3 is 19.5 Å². The Morgan fingerprint density at radius 3 is 2.41 bits per heavy atom. The molecule has 0 atom stereocenters. The van der Waals surface area contributed by atoms with E-state index < -0.39 is 5.97 Å². The number of carbonyl (C=O) groups is 2. The number of hydrogen-bond acceptors (Lipinski definition) is 6. The number of thiophene rings is 1. The average Bonchev–Trinajstić information content (AvgIpc) is 3.14. The van der Waals surface area contributed by atoms with E-state index in [4.69, 9.17) is 14.2 Å². The number of halogens is 1. The van der Waals surface area contributed by atoms with Crippen LogP contribution in [0.5, 0.6) is 11.5 Å². The lowest BCUT2D eigenvalue weighted by Crippen LogP contribution is -2.21. The van der Waals surface area contributed by atoms with Crippen molar-refractivity contribution in [3.05, 3.63) is 62.9 Å². The van der Waals surface area contributed by atoms with Crippen LogP contribution in [0.15, 0.2) is 46.9 Å². The summed E-state index contributed by atoms with van der Waals surface area (Å²) < 4.78 is 17.0. The number of aryl methyl sites for hydroxylation is 2. The third-order valence-corrected chi connectivity index (χ3v) is 6.71. The van der Waals surface area contributed by atoms with E-state index in [9.17, 15) is 9.59 Å². The molecule has 1 heterocycles. The number of carbonyl (C=O) groups excluding carboxylic acids is 2. The Morgan fingerprint density at radius 2 is 1.79 bits per heavy atom. The summed E-state index contributed by atoms with van der Waals surface area (Å²) in [6.45, 7) is 6.33. The molecule has 0 fully saturated rings. The quantitative estimate of drug-likeness (QED) is 0.289. The van der Waals surface area contributed by atoms with Crippen LogP contribution in [0.4, 0.5) is 5.00 Å². The molecular weight excluding hydrogens is 518 g/mol. The summed E-state index contributed by atoms with van der Waals surface area (Å²) in [6.07, 6.45) is 2.03. The molecular formula is C26H28BrNO5S. The van der Waals surface area contributed by atoms with Gasteiger partial charge in [-0.2, -0.15) is 0 Å². The number of amides is 1. The minimum Gasteiger partial charge on any atom is -0.494 e. The molecule has 34 heavy (non-hydrogen) atoms. The number of benzene rings is 2. The van der Waals surface area contributed by atoms with Crippen LogP contribution in [0.25, 0.3) is 11.1 Å². The predicted octanol–water partition coefficient (Wildman–Crippen LogP) is 6.64. The molecule has 0 radical (unpaired) electrons. The lowest BCUT2D eigenvalue weighted by Gasteiger charge is -2.11. The maximum atomic E-state index is 12.7. The molecule has 0 saturated heterocycles. The van der Waals surface area contributed by atoms with Crippen molar-refractivity contribution >= 4 is 44.1 Å². The molecule has 8 heteroatoms. The first-order valence-electron chi connectivity index (χ1n) is 11.0. The van der Waals surface area contributed by atoms with Crippen LogP contribution in [0.1, 0.15) is 41.1 Å². The fraction of sp³-hybridized carbons (Fsp3) is 0.308. The van der Waals surface area contributed by atoms with Crippen LogP contribution in [-0.4, -0.2) is 32.2 Å². The van der Waals surface area contributed by atoms with Crippen LogP contribution < -0.4 is 14.8 Å². The van der Waals surface area contributed by atoms with Crippen LogP contribution in [0.3, 0.4) is 0 Å². The maximum Gasteiger partial charge on any atom is 0.341 e. The molecule has 0 bridgehead atoms. The van der Waals surface area contributed by atoms with Gasteiger partial charge in [0.05, 0.1) is 18.2 Å². The normalized spacial score (nSPS) is 10.6. The first-order chi connectivity index (χ1) is 16.4. The van der Waals surface area contributed by atoms with Gasteiger partial charge in [-0.05, 0) is 71.6 Å². The number of hydrogen-bond donors (Lipinski definition) is 1. The molecule has 180 valence electrons. The van der Waals surface area contributed by atoms with Gasteiger partial charge in [0.25, 0.3) is 5.91 Å². The highest BCUT2D eigenvalue weighted by molar-refractivity contribution is 9.10. The summed E-state index contributed by atoms with van der Waals surface area (Å²) in [5.41, 5.74) is 3.09. The standard InChI is InChI=1S/C26H28BrNO5S/c1-5-7-17-8-13-21(20(27)14-17)33-15-22(29)28-25-24(26(30)31-4)23(16(3)34-25)18-9-11-19(12-10-18)32-6-2/h8-14H,5-7,15H2,1-4H3,(H,28,29). The minimum atomic E-state index is -0.515. The van der Waals surface area contributed by atoms with Crippen molar-refractivity contribution in [1.82, 2.24) is 0 Å². The van der Waals surface area contributed by atoms with Gasteiger partial charge in [-0.15, -0.1) is 11.3 Å². The first-order valence-corrected chi connectivity index (χ1v) is 12.6. The second-order valence-corrected chi connectivity index (χ2v) is 9.62. The van der Waals surface area contributed by atoms with Crippen molar-refractivity contribution in [2.24, 2.45) is 0 Å². The Hall–Kier alpha value is -2.84. The number of nitrogens with one attached hydrogen (secondary N) is 1. The fourth-order valence-electron chi connectivity index (χ4n) is 3.57. The number of esters is 1. The Morgan fingerprint density at radius 1 is 1.06 bits per heavy atom. The van der Waals surface area contributed by atoms with Gasteiger partial charge in [-0.1, -0.05) is 31.5 Å². The van der Waals surface area contributed by atoms with Gasteiger partial charge in [0, 0.05) is 10.4 Å². The molecule has 1 aromatic heterocycles. The van der Waals surface area contributed by atoms with Gasteiger partial charge in [-0.3, -0.25) is 4.79 Å². The van der Waals surface area contributed by atoms with E-state index in [1.807, 2.05) is 56.3 Å². The summed E-state index contributed by atoms with van der Waals surface area (Å²) in [6, 6.07) is 13.3. The largest absolute Gasteiger partial charge is 0.494 e. The third-order valence-electron chi connectivity index (χ3n) is 5.07. The fourth-order valence-corrected chi connectivity index (χ4v) is 5.19. The second-order valence-electron chi connectivity index (χ2n) is 7.54. The van der Waals surface area contributed by atoms with Crippen molar-refractivity contribution in [2.75, 3.05) is 25.6 Å². The third kappa shape index (κ3) is 6.18. The van der Waals surface area contributed by atoms with Crippen molar-refractivity contribution < 1.29 is 23.8 Å². The number of rotatable bonds is 10. The van der Waals surface area contributed by atoms with Gasteiger partial charge in [0.2, 0.25) is 0 Å². The smallest absolute Gasteiger partial charge is 0.341 e. The van der Waals surface area contributed by atoms with E-state index >= 15 is 0 Å². The predicted molar refractivity (Wildman–Crippen MR) is 139 cm³/mol. The molecule has 6 nitrogen and oxygen atoms in total. The summed E-state index contributed by atoms with van der Waals surface area (Å²) in [5.74, 6) is 0.451. The Kier molecular flexibility index (Phi) is 9.12. The summed E-state index contributed by atoms with van der Waals surface area (Å²) in [4.78, 5) is 26.2. The van der Waals surface area contributed by atoms with E-state index in [-0.39, 0.29) is 12.5 Å². The second kappa shape index (κ2) is 12.0. The van der Waals surface area contributed by atoms with Crippen LogP contribution in [-0.2, 0) is 16.0 Å². The van der Waals surface area contributed by atoms with E-state index in [1.54, 1.807) is 0 Å². The lowest BCUT2D eigenvalue weighted by molar-refractivity contribution is -0.118. The van der Waals surface area contributed by atoms with Crippen molar-refractivity contribution in [2.45, 2.75) is 33.6 Å². The zero-order valence-corrected chi connectivity index (χ0v) is 22.1. The Balaban J connectivity index is 1.79. The Bertz CT molecular complexity index is 1160. The highest BCUT2D eigenvalue weighted by atomic mass is 79.9. The minimum absolute atomic E-state index is 0.193. The lowest BCUT2D eigenvalue weighted by atomic mass is 10.0. The molecule has 2 aromatic carbocycles. The van der Waals surface area contributed by atoms with Crippen molar-refractivity contribution in [3.8, 4) is 22.6 Å². The molecule has 3 aromatic rings. The molecule has 0 spiro atoms. The number of ether oxygens (including phenoxy) is 3. The summed E-state index contributed by atoms with van der Waals surface area (Å²) >= 11 is 4.83. The van der Waals surface area contributed by atoms with Gasteiger partial charge in [0.15, 0.2) is 6.61 Å². The van der Waals surface area contributed by atoms with Crippen molar-refractivity contribution in [3.63, 3.8) is 0 Å². The maximum absolute atomic E-state index is 12.7. The molecule has 1 amide bonds. The van der Waals surface area contributed by atoms with E-state index in [2.05, 4.69) is 28.2 Å². The molecule has 3 rings (SSSR count). The zero-order chi connectivity index (χ0) is 24.7. The highest BCUT2D eigenvalue weighted by Crippen LogP contribution is 2.40. The average molecular weight is 546 g/mol.